The van der Waals surface area contributed by atoms with Gasteiger partial charge in [0.1, 0.15) is 5.82 Å². The predicted molar refractivity (Wildman–Crippen MR) is 74.1 cm³/mol. The van der Waals surface area contributed by atoms with E-state index >= 15 is 0 Å². The molecule has 1 aromatic carbocycles. The summed E-state index contributed by atoms with van der Waals surface area (Å²) in [5.41, 5.74) is 0.447. The zero-order chi connectivity index (χ0) is 13.5. The lowest BCUT2D eigenvalue weighted by molar-refractivity contribution is 0.0697. The largest absolute Gasteiger partial charge is 0.478 e. The molecule has 5 heteroatoms. The van der Waals surface area contributed by atoms with E-state index in [0.717, 1.165) is 24.0 Å². The van der Waals surface area contributed by atoms with Crippen molar-refractivity contribution >= 4 is 23.4 Å². The lowest BCUT2D eigenvalue weighted by Gasteiger charge is -2.16. The number of carboxylic acids is 1. The topological polar surface area (TPSA) is 49.3 Å². The summed E-state index contributed by atoms with van der Waals surface area (Å²) < 4.78 is 13.0. The van der Waals surface area contributed by atoms with Crippen molar-refractivity contribution < 1.29 is 14.3 Å². The Kier molecular flexibility index (Phi) is 5.98. The van der Waals surface area contributed by atoms with E-state index in [1.807, 2.05) is 18.7 Å². The Balaban J connectivity index is 2.68. The van der Waals surface area contributed by atoms with Gasteiger partial charge in [-0.1, -0.05) is 6.92 Å². The van der Waals surface area contributed by atoms with Crippen molar-refractivity contribution in [3.63, 3.8) is 0 Å². The predicted octanol–water partition coefficient (Wildman–Crippen LogP) is 3.47. The molecule has 0 aliphatic rings. The van der Waals surface area contributed by atoms with Gasteiger partial charge in [-0.25, -0.2) is 9.18 Å². The van der Waals surface area contributed by atoms with Crippen LogP contribution in [-0.4, -0.2) is 28.6 Å². The Bertz CT molecular complexity index is 412. The zero-order valence-corrected chi connectivity index (χ0v) is 11.4. The van der Waals surface area contributed by atoms with Gasteiger partial charge < -0.3 is 10.4 Å². The minimum Gasteiger partial charge on any atom is -0.478 e. The number of hydrogen-bond acceptors (Lipinski definition) is 3. The molecule has 2 N–H and O–H groups in total. The Morgan fingerprint density at radius 2 is 2.28 bits per heavy atom. The molecule has 0 radical (unpaired) electrons. The number of thioether (sulfide) groups is 1. The molecule has 0 saturated heterocycles. The van der Waals surface area contributed by atoms with Crippen molar-refractivity contribution in [2.75, 3.05) is 16.8 Å². The van der Waals surface area contributed by atoms with Gasteiger partial charge in [-0.2, -0.15) is 11.8 Å². The lowest BCUT2D eigenvalue weighted by Crippen LogP contribution is -2.18. The lowest BCUT2D eigenvalue weighted by atomic mass is 10.1. The summed E-state index contributed by atoms with van der Waals surface area (Å²) in [7, 11) is 0. The summed E-state index contributed by atoms with van der Waals surface area (Å²) in [6.45, 7) is 4.09. The monoisotopic (exact) mass is 271 g/mol. The van der Waals surface area contributed by atoms with Gasteiger partial charge >= 0.3 is 5.97 Å². The number of hydrogen-bond donors (Lipinski definition) is 2. The van der Waals surface area contributed by atoms with Crippen LogP contribution in [0.3, 0.4) is 0 Å². The Morgan fingerprint density at radius 1 is 1.56 bits per heavy atom. The quantitative estimate of drug-likeness (QED) is 0.746. The third-order valence-electron chi connectivity index (χ3n) is 2.51. The van der Waals surface area contributed by atoms with Crippen LogP contribution in [0.4, 0.5) is 10.1 Å². The molecular weight excluding hydrogens is 253 g/mol. The highest BCUT2D eigenvalue weighted by Crippen LogP contribution is 2.19. The van der Waals surface area contributed by atoms with E-state index in [-0.39, 0.29) is 11.6 Å². The summed E-state index contributed by atoms with van der Waals surface area (Å²) in [6, 6.07) is 3.94. The van der Waals surface area contributed by atoms with Crippen LogP contribution in [0.1, 0.15) is 30.6 Å². The van der Waals surface area contributed by atoms with Gasteiger partial charge in [0, 0.05) is 11.7 Å². The van der Waals surface area contributed by atoms with Gasteiger partial charge in [0.2, 0.25) is 0 Å². The van der Waals surface area contributed by atoms with Gasteiger partial charge in [0.15, 0.2) is 0 Å². The number of carbonyl (C=O) groups is 1. The summed E-state index contributed by atoms with van der Waals surface area (Å²) in [6.07, 6.45) is 0.939. The van der Waals surface area contributed by atoms with Crippen molar-refractivity contribution in [2.45, 2.75) is 26.3 Å². The fraction of sp³-hybridized carbons (Fsp3) is 0.462. The first-order valence-electron chi connectivity index (χ1n) is 5.91. The van der Waals surface area contributed by atoms with E-state index in [4.69, 9.17) is 5.11 Å². The van der Waals surface area contributed by atoms with Crippen LogP contribution in [0.15, 0.2) is 18.2 Å². The van der Waals surface area contributed by atoms with Crippen LogP contribution in [0, 0.1) is 5.82 Å². The van der Waals surface area contributed by atoms with E-state index < -0.39 is 11.8 Å². The average molecular weight is 271 g/mol. The average Bonchev–Trinajstić information content (AvgIpc) is 2.31. The summed E-state index contributed by atoms with van der Waals surface area (Å²) >= 11 is 1.84. The molecule has 0 aliphatic heterocycles. The van der Waals surface area contributed by atoms with Crippen LogP contribution in [0.25, 0.3) is 0 Å². The van der Waals surface area contributed by atoms with Crippen molar-refractivity contribution in [2.24, 2.45) is 0 Å². The maximum atomic E-state index is 13.0. The highest BCUT2D eigenvalue weighted by molar-refractivity contribution is 7.99. The normalized spacial score (nSPS) is 12.2. The molecule has 1 atom stereocenters. The van der Waals surface area contributed by atoms with Gasteiger partial charge in [-0.15, -0.1) is 0 Å². The minimum atomic E-state index is -1.12. The third-order valence-corrected chi connectivity index (χ3v) is 3.45. The number of benzene rings is 1. The highest BCUT2D eigenvalue weighted by Gasteiger charge is 2.12. The van der Waals surface area contributed by atoms with E-state index in [2.05, 4.69) is 12.2 Å². The van der Waals surface area contributed by atoms with E-state index in [9.17, 15) is 9.18 Å². The number of anilines is 1. The molecule has 18 heavy (non-hydrogen) atoms. The molecular formula is C13H18FNO2S. The summed E-state index contributed by atoms with van der Waals surface area (Å²) in [4.78, 5) is 11.0. The van der Waals surface area contributed by atoms with Crippen LogP contribution in [0.2, 0.25) is 0 Å². The Labute approximate surface area is 111 Å². The number of halogens is 1. The van der Waals surface area contributed by atoms with Crippen molar-refractivity contribution in [3.05, 3.63) is 29.6 Å². The van der Waals surface area contributed by atoms with Gasteiger partial charge in [0.25, 0.3) is 0 Å². The van der Waals surface area contributed by atoms with Crippen LogP contribution < -0.4 is 5.32 Å². The number of aromatic carboxylic acids is 1. The van der Waals surface area contributed by atoms with Crippen molar-refractivity contribution in [1.29, 1.82) is 0 Å². The van der Waals surface area contributed by atoms with Gasteiger partial charge in [-0.3, -0.25) is 0 Å². The van der Waals surface area contributed by atoms with E-state index in [1.165, 1.54) is 12.1 Å². The highest BCUT2D eigenvalue weighted by atomic mass is 32.2. The Morgan fingerprint density at radius 3 is 2.89 bits per heavy atom. The molecule has 3 nitrogen and oxygen atoms in total. The maximum absolute atomic E-state index is 13.0. The fourth-order valence-electron chi connectivity index (χ4n) is 1.56. The van der Waals surface area contributed by atoms with E-state index in [0.29, 0.717) is 5.69 Å². The molecule has 0 aromatic heterocycles. The fourth-order valence-corrected chi connectivity index (χ4v) is 2.37. The van der Waals surface area contributed by atoms with Crippen molar-refractivity contribution in [3.8, 4) is 0 Å². The second kappa shape index (κ2) is 7.26. The number of rotatable bonds is 7. The maximum Gasteiger partial charge on any atom is 0.337 e. The molecule has 0 heterocycles. The molecule has 1 aromatic rings. The Hall–Kier alpha value is -1.23. The van der Waals surface area contributed by atoms with E-state index in [1.54, 1.807) is 0 Å². The van der Waals surface area contributed by atoms with Gasteiger partial charge in [0.05, 0.1) is 5.56 Å². The molecule has 1 rings (SSSR count). The number of carboxylic acid groups (broad SMARTS) is 1. The smallest absolute Gasteiger partial charge is 0.337 e. The standard InChI is InChI=1S/C13H18FNO2S/c1-3-18-7-6-9(2)15-12-5-4-10(14)8-11(12)13(16)17/h4-5,8-9,15H,3,6-7H2,1-2H3,(H,16,17). The minimum absolute atomic E-state index is 0.0232. The first kappa shape index (κ1) is 14.8. The van der Waals surface area contributed by atoms with Crippen molar-refractivity contribution in [1.82, 2.24) is 0 Å². The third kappa shape index (κ3) is 4.56. The molecule has 0 fully saturated rings. The summed E-state index contributed by atoms with van der Waals surface area (Å²) in [5, 5.41) is 12.1. The second-order valence-electron chi connectivity index (χ2n) is 4.03. The molecule has 0 spiro atoms. The SMILES string of the molecule is CCSCCC(C)Nc1ccc(F)cc1C(=O)O. The molecule has 0 bridgehead atoms. The summed E-state index contributed by atoms with van der Waals surface area (Å²) in [5.74, 6) is 0.442. The molecule has 100 valence electrons. The molecule has 0 amide bonds. The molecule has 1 unspecified atom stereocenters. The molecule has 0 saturated carbocycles. The van der Waals surface area contributed by atoms with Crippen LogP contribution in [0.5, 0.6) is 0 Å². The van der Waals surface area contributed by atoms with Crippen LogP contribution >= 0.6 is 11.8 Å². The first-order chi connectivity index (χ1) is 8.54. The first-order valence-corrected chi connectivity index (χ1v) is 7.07. The van der Waals surface area contributed by atoms with Gasteiger partial charge in [-0.05, 0) is 43.0 Å². The second-order valence-corrected chi connectivity index (χ2v) is 5.42. The molecule has 0 aliphatic carbocycles. The number of nitrogens with one attached hydrogen (secondary N) is 1. The zero-order valence-electron chi connectivity index (χ0n) is 10.6. The van der Waals surface area contributed by atoms with Crippen LogP contribution in [-0.2, 0) is 0 Å².